The highest BCUT2D eigenvalue weighted by Crippen LogP contribution is 2.40. The second-order valence-electron chi connectivity index (χ2n) is 5.86. The monoisotopic (exact) mass is 405 g/mol. The largest absolute Gasteiger partial charge is 0.508 e. The van der Waals surface area contributed by atoms with E-state index in [2.05, 4.69) is 4.98 Å². The Morgan fingerprint density at radius 2 is 1.32 bits per heavy atom. The molecule has 4 N–H and O–H groups in total. The van der Waals surface area contributed by atoms with Crippen molar-refractivity contribution in [2.75, 3.05) is 0 Å². The van der Waals surface area contributed by atoms with E-state index in [0.717, 1.165) is 12.1 Å². The molecule has 0 bridgehead atoms. The molecular weight excluding hydrogens is 396 g/mol. The van der Waals surface area contributed by atoms with Crippen molar-refractivity contribution in [2.45, 2.75) is 12.4 Å². The van der Waals surface area contributed by atoms with Gasteiger partial charge in [-0.1, -0.05) is 0 Å². The summed E-state index contributed by atoms with van der Waals surface area (Å²) in [6.45, 7) is 0. The Balaban J connectivity index is 2.39. The highest BCUT2D eigenvalue weighted by Gasteiger charge is 2.37. The molecule has 148 valence electrons. The van der Waals surface area contributed by atoms with Crippen LogP contribution in [0.1, 0.15) is 11.1 Å². The number of nitrogens with one attached hydrogen (secondary N) is 1. The number of aromatic hydroxyl groups is 3. The van der Waals surface area contributed by atoms with E-state index < -0.39 is 62.8 Å². The van der Waals surface area contributed by atoms with Crippen molar-refractivity contribution in [1.29, 1.82) is 0 Å². The zero-order valence-electron chi connectivity index (χ0n) is 13.4. The van der Waals surface area contributed by atoms with Gasteiger partial charge >= 0.3 is 12.4 Å². The Morgan fingerprint density at radius 3 is 1.82 bits per heavy atom. The minimum absolute atomic E-state index is 0.0998. The molecule has 0 atom stereocenters. The van der Waals surface area contributed by atoms with E-state index in [-0.39, 0.29) is 11.6 Å². The van der Waals surface area contributed by atoms with Crippen molar-refractivity contribution < 1.29 is 41.7 Å². The average Bonchev–Trinajstić information content (AvgIpc) is 2.55. The topological polar surface area (TPSA) is 93.5 Å². The van der Waals surface area contributed by atoms with Crippen LogP contribution in [0.4, 0.5) is 26.3 Å². The first-order valence-electron chi connectivity index (χ1n) is 7.40. The van der Waals surface area contributed by atoms with Gasteiger partial charge in [-0.25, -0.2) is 0 Å². The summed E-state index contributed by atoms with van der Waals surface area (Å²) in [7, 11) is 0. The molecule has 0 saturated carbocycles. The Labute approximate surface area is 151 Å². The van der Waals surface area contributed by atoms with Crippen molar-refractivity contribution >= 4 is 10.9 Å². The van der Waals surface area contributed by atoms with Gasteiger partial charge in [0.2, 0.25) is 5.43 Å². The standard InChI is InChI=1S/C17H9F6NO4/c18-16(19,20)7-1-6(2-8(3-7)17(21,22)23)13-15(28)14(27)12-10(24-13)4-9(25)5-11(12)26/h1-5,25-26,28H,(H,24,27). The summed E-state index contributed by atoms with van der Waals surface area (Å²) in [5.41, 5.74) is -6.33. The van der Waals surface area contributed by atoms with Gasteiger partial charge in [-0.3, -0.25) is 4.79 Å². The van der Waals surface area contributed by atoms with Crippen LogP contribution in [0, 0.1) is 0 Å². The number of pyridine rings is 1. The predicted molar refractivity (Wildman–Crippen MR) is 85.0 cm³/mol. The fourth-order valence-electron chi connectivity index (χ4n) is 2.68. The SMILES string of the molecule is O=c1c(O)c(-c2cc(C(F)(F)F)cc(C(F)(F)F)c2)[nH]c2cc(O)cc(O)c12. The summed E-state index contributed by atoms with van der Waals surface area (Å²) in [5.74, 6) is -2.46. The van der Waals surface area contributed by atoms with Crippen LogP contribution in [0.5, 0.6) is 17.2 Å². The molecule has 5 nitrogen and oxygen atoms in total. The van der Waals surface area contributed by atoms with Crippen molar-refractivity contribution in [1.82, 2.24) is 4.98 Å². The van der Waals surface area contributed by atoms with E-state index in [1.54, 1.807) is 0 Å². The van der Waals surface area contributed by atoms with Gasteiger partial charge in [0.05, 0.1) is 27.7 Å². The number of alkyl halides is 6. The first kappa shape index (κ1) is 19.4. The zero-order chi connectivity index (χ0) is 21.0. The summed E-state index contributed by atoms with van der Waals surface area (Å²) in [5, 5.41) is 28.8. The van der Waals surface area contributed by atoms with E-state index >= 15 is 0 Å². The molecule has 1 heterocycles. The lowest BCUT2D eigenvalue weighted by Crippen LogP contribution is -2.12. The summed E-state index contributed by atoms with van der Waals surface area (Å²) in [4.78, 5) is 14.5. The lowest BCUT2D eigenvalue weighted by molar-refractivity contribution is -0.143. The van der Waals surface area contributed by atoms with Crippen LogP contribution in [-0.2, 0) is 12.4 Å². The van der Waals surface area contributed by atoms with Crippen LogP contribution >= 0.6 is 0 Å². The summed E-state index contributed by atoms with van der Waals surface area (Å²) >= 11 is 0. The minimum Gasteiger partial charge on any atom is -0.508 e. The highest BCUT2D eigenvalue weighted by atomic mass is 19.4. The summed E-state index contributed by atoms with van der Waals surface area (Å²) in [6.07, 6.45) is -10.3. The van der Waals surface area contributed by atoms with Crippen molar-refractivity contribution in [3.63, 3.8) is 0 Å². The van der Waals surface area contributed by atoms with E-state index in [1.807, 2.05) is 0 Å². The Kier molecular flexibility index (Phi) is 4.21. The fraction of sp³-hybridized carbons (Fsp3) is 0.118. The number of phenols is 2. The fourth-order valence-corrected chi connectivity index (χ4v) is 2.68. The minimum atomic E-state index is -5.13. The maximum absolute atomic E-state index is 13.0. The molecule has 0 aliphatic heterocycles. The third kappa shape index (κ3) is 3.30. The number of benzene rings is 2. The summed E-state index contributed by atoms with van der Waals surface area (Å²) < 4.78 is 78.1. The number of aromatic amines is 1. The molecule has 1 aromatic heterocycles. The molecule has 0 amide bonds. The van der Waals surface area contributed by atoms with Crippen LogP contribution in [0.2, 0.25) is 0 Å². The van der Waals surface area contributed by atoms with Crippen LogP contribution in [0.25, 0.3) is 22.2 Å². The number of hydrogen-bond acceptors (Lipinski definition) is 4. The average molecular weight is 405 g/mol. The maximum atomic E-state index is 13.0. The lowest BCUT2D eigenvalue weighted by atomic mass is 10.0. The Morgan fingerprint density at radius 1 is 0.786 bits per heavy atom. The molecule has 0 aliphatic carbocycles. The molecule has 0 unspecified atom stereocenters. The molecule has 0 fully saturated rings. The highest BCUT2D eigenvalue weighted by molar-refractivity contribution is 5.90. The van der Waals surface area contributed by atoms with Gasteiger partial charge in [-0.05, 0) is 18.2 Å². The van der Waals surface area contributed by atoms with E-state index in [4.69, 9.17) is 0 Å². The van der Waals surface area contributed by atoms with Crippen LogP contribution in [0.15, 0.2) is 35.1 Å². The number of rotatable bonds is 1. The van der Waals surface area contributed by atoms with Crippen molar-refractivity contribution in [3.8, 4) is 28.5 Å². The number of hydrogen-bond donors (Lipinski definition) is 4. The van der Waals surface area contributed by atoms with Gasteiger partial charge in [0.25, 0.3) is 0 Å². The lowest BCUT2D eigenvalue weighted by Gasteiger charge is -2.15. The quantitative estimate of drug-likeness (QED) is 0.453. The van der Waals surface area contributed by atoms with Gasteiger partial charge in [0, 0.05) is 17.7 Å². The van der Waals surface area contributed by atoms with Gasteiger partial charge in [0.1, 0.15) is 11.5 Å². The number of halogens is 6. The Hall–Kier alpha value is -3.37. The summed E-state index contributed by atoms with van der Waals surface area (Å²) in [6, 6.07) is 2.25. The number of fused-ring (bicyclic) bond motifs is 1. The molecule has 0 saturated heterocycles. The van der Waals surface area contributed by atoms with Gasteiger partial charge in [-0.15, -0.1) is 0 Å². The van der Waals surface area contributed by atoms with E-state index in [0.29, 0.717) is 12.1 Å². The Bertz CT molecular complexity index is 1120. The first-order chi connectivity index (χ1) is 12.8. The van der Waals surface area contributed by atoms with E-state index in [9.17, 15) is 46.5 Å². The van der Waals surface area contributed by atoms with Gasteiger partial charge in [0.15, 0.2) is 5.75 Å². The predicted octanol–water partition coefficient (Wildman–Crippen LogP) is 4.35. The second-order valence-corrected chi connectivity index (χ2v) is 5.86. The van der Waals surface area contributed by atoms with Crippen LogP contribution < -0.4 is 5.43 Å². The first-order valence-corrected chi connectivity index (χ1v) is 7.40. The van der Waals surface area contributed by atoms with Crippen LogP contribution in [-0.4, -0.2) is 20.3 Å². The van der Waals surface area contributed by atoms with Crippen molar-refractivity contribution in [2.24, 2.45) is 0 Å². The number of phenolic OH excluding ortho intramolecular Hbond substituents is 2. The van der Waals surface area contributed by atoms with Crippen LogP contribution in [0.3, 0.4) is 0 Å². The molecule has 2 aromatic carbocycles. The number of aromatic nitrogens is 1. The molecule has 3 rings (SSSR count). The zero-order valence-corrected chi connectivity index (χ0v) is 13.4. The van der Waals surface area contributed by atoms with Gasteiger partial charge in [-0.2, -0.15) is 26.3 Å². The third-order valence-corrected chi connectivity index (χ3v) is 3.92. The molecule has 0 spiro atoms. The molecule has 28 heavy (non-hydrogen) atoms. The van der Waals surface area contributed by atoms with Crippen molar-refractivity contribution in [3.05, 3.63) is 51.7 Å². The molecule has 0 radical (unpaired) electrons. The smallest absolute Gasteiger partial charge is 0.416 e. The second kappa shape index (κ2) is 6.08. The third-order valence-electron chi connectivity index (χ3n) is 3.92. The normalized spacial score (nSPS) is 12.5. The molecular formula is C17H9F6NO4. The molecule has 11 heteroatoms. The van der Waals surface area contributed by atoms with Gasteiger partial charge < -0.3 is 20.3 Å². The number of H-pyrrole nitrogens is 1. The maximum Gasteiger partial charge on any atom is 0.416 e. The van der Waals surface area contributed by atoms with E-state index in [1.165, 1.54) is 0 Å². The molecule has 0 aliphatic rings. The molecule has 3 aromatic rings.